The lowest BCUT2D eigenvalue weighted by atomic mass is 9.95. The fourth-order valence-corrected chi connectivity index (χ4v) is 4.91. The third-order valence-electron chi connectivity index (χ3n) is 4.91. The van der Waals surface area contributed by atoms with Crippen LogP contribution in [0.15, 0.2) is 0 Å². The van der Waals surface area contributed by atoms with Gasteiger partial charge in [0.15, 0.2) is 16.6 Å². The van der Waals surface area contributed by atoms with Gasteiger partial charge in [-0.25, -0.2) is 30.0 Å². The summed E-state index contributed by atoms with van der Waals surface area (Å²) < 4.78 is 124. The minimum Gasteiger partial charge on any atom is -0.735 e. The van der Waals surface area contributed by atoms with Crippen LogP contribution in [0.5, 0.6) is 0 Å². The average molecular weight is 561 g/mol. The summed E-state index contributed by atoms with van der Waals surface area (Å²) >= 11 is 0. The van der Waals surface area contributed by atoms with Gasteiger partial charge in [-0.15, -0.1) is 0 Å². The van der Waals surface area contributed by atoms with Crippen LogP contribution in [0.1, 0.15) is 13.8 Å². The number of hydrogen-bond donors (Lipinski definition) is 4. The Labute approximate surface area is 194 Å². The Morgan fingerprint density at radius 2 is 1.38 bits per heavy atom. The molecule has 21 heteroatoms. The van der Waals surface area contributed by atoms with Gasteiger partial charge in [0.2, 0.25) is 20.8 Å². The van der Waals surface area contributed by atoms with Crippen molar-refractivity contribution in [2.75, 3.05) is 6.61 Å². The lowest BCUT2D eigenvalue weighted by molar-refractivity contribution is -0.314. The second-order valence-electron chi connectivity index (χ2n) is 7.42. The fraction of sp³-hybridized carbons (Fsp3) is 1.00. The molecule has 2 aliphatic heterocycles. The summed E-state index contributed by atoms with van der Waals surface area (Å²) in [4.78, 5) is 0. The molecule has 2 saturated heterocycles. The van der Waals surface area contributed by atoms with Crippen molar-refractivity contribution < 1.29 is 76.8 Å². The summed E-state index contributed by atoms with van der Waals surface area (Å²) in [5, 5.41) is 30.9. The maximum atomic E-state index is 11.2. The molecule has 4 N–H and O–H groups in total. The van der Waals surface area contributed by atoms with Crippen molar-refractivity contribution in [2.24, 2.45) is 0 Å². The van der Waals surface area contributed by atoms with E-state index in [1.807, 2.05) is 0 Å². The molecule has 0 aliphatic carbocycles. The number of ether oxygens (including phenoxy) is 3. The van der Waals surface area contributed by atoms with Crippen molar-refractivity contribution in [1.82, 2.24) is 4.72 Å². The van der Waals surface area contributed by atoms with Crippen LogP contribution >= 0.6 is 0 Å². The summed E-state index contributed by atoms with van der Waals surface area (Å²) in [5.41, 5.74) is 0. The Morgan fingerprint density at radius 1 is 0.824 bits per heavy atom. The predicted octanol–water partition coefficient (Wildman–Crippen LogP) is -5.27. The first-order chi connectivity index (χ1) is 15.3. The number of aliphatic hydroxyl groups is 3. The van der Waals surface area contributed by atoms with E-state index in [0.717, 1.165) is 0 Å². The molecule has 0 bridgehead atoms. The second kappa shape index (κ2) is 10.8. The first-order valence-corrected chi connectivity index (χ1v) is 13.3. The van der Waals surface area contributed by atoms with E-state index in [9.17, 15) is 54.2 Å². The molecule has 0 aromatic rings. The largest absolute Gasteiger partial charge is 0.735 e. The zero-order valence-corrected chi connectivity index (χ0v) is 19.7. The molecule has 34 heavy (non-hydrogen) atoms. The normalized spacial score (nSPS) is 40.2. The van der Waals surface area contributed by atoms with Gasteiger partial charge in [0.1, 0.15) is 42.7 Å². The summed E-state index contributed by atoms with van der Waals surface area (Å²) in [6, 6.07) is -2.06. The minimum absolute atomic E-state index is 1.12. The highest BCUT2D eigenvalue weighted by Crippen LogP contribution is 2.31. The molecular weight excluding hydrogens is 538 g/mol. The molecule has 0 radical (unpaired) electrons. The van der Waals surface area contributed by atoms with Gasteiger partial charge in [0, 0.05) is 0 Å². The van der Waals surface area contributed by atoms with Gasteiger partial charge in [-0.1, -0.05) is 0 Å². The second-order valence-corrected chi connectivity index (χ2v) is 10.6. The molecule has 0 saturated carbocycles. The highest BCUT2D eigenvalue weighted by atomic mass is 32.3. The van der Waals surface area contributed by atoms with Gasteiger partial charge in [0.25, 0.3) is 0 Å². The SMILES string of the molecule is CC1O[C@@H](C)C(OS(=O)(=O)[O-])[C@H](O)C1O[C@@H]1OC(COS(=O)(=O)[O-])[C@@H](O)[C@H](O)C1NS(=O)(=O)[O-]. The van der Waals surface area contributed by atoms with Crippen LogP contribution in [0.3, 0.4) is 0 Å². The molecule has 2 aliphatic rings. The van der Waals surface area contributed by atoms with E-state index in [0.29, 0.717) is 0 Å². The number of hydrogen-bond acceptors (Lipinski definition) is 17. The third kappa shape index (κ3) is 8.21. The molecule has 0 spiro atoms. The first kappa shape index (κ1) is 29.6. The van der Waals surface area contributed by atoms with Crippen molar-refractivity contribution >= 4 is 31.1 Å². The summed E-state index contributed by atoms with van der Waals surface area (Å²) in [5.74, 6) is 0. The maximum Gasteiger partial charge on any atom is 0.218 e. The molecule has 0 aromatic carbocycles. The molecule has 18 nitrogen and oxygen atoms in total. The van der Waals surface area contributed by atoms with Gasteiger partial charge in [-0.2, -0.15) is 0 Å². The topological polar surface area (TPSA) is 290 Å². The molecule has 10 atom stereocenters. The van der Waals surface area contributed by atoms with Gasteiger partial charge in [-0.05, 0) is 13.8 Å². The van der Waals surface area contributed by atoms with Crippen LogP contribution in [-0.2, 0) is 53.7 Å². The van der Waals surface area contributed by atoms with E-state index in [2.05, 4.69) is 8.37 Å². The molecule has 2 heterocycles. The number of nitrogens with one attached hydrogen (secondary N) is 1. The summed E-state index contributed by atoms with van der Waals surface area (Å²) in [6.07, 6.45) is -15.9. The molecule has 0 amide bonds. The highest BCUT2D eigenvalue weighted by molar-refractivity contribution is 7.83. The van der Waals surface area contributed by atoms with Gasteiger partial charge in [0.05, 0.1) is 18.8 Å². The van der Waals surface area contributed by atoms with Crippen LogP contribution in [0.4, 0.5) is 0 Å². The molecule has 0 aromatic heterocycles. The Hall–Kier alpha value is -0.630. The zero-order chi connectivity index (χ0) is 26.2. The van der Waals surface area contributed by atoms with Crippen molar-refractivity contribution in [3.8, 4) is 0 Å². The molecule has 5 unspecified atom stereocenters. The van der Waals surface area contributed by atoms with Crippen LogP contribution in [-0.4, -0.2) is 122 Å². The molecule has 202 valence electrons. The summed E-state index contributed by atoms with van der Waals surface area (Å²) in [7, 11) is -15.9. The van der Waals surface area contributed by atoms with Crippen LogP contribution < -0.4 is 4.72 Å². The van der Waals surface area contributed by atoms with E-state index in [4.69, 9.17) is 14.2 Å². The fourth-order valence-electron chi connectivity index (χ4n) is 3.48. The van der Waals surface area contributed by atoms with Crippen LogP contribution in [0, 0.1) is 0 Å². The monoisotopic (exact) mass is 560 g/mol. The van der Waals surface area contributed by atoms with Crippen molar-refractivity contribution in [3.63, 3.8) is 0 Å². The number of aliphatic hydroxyl groups excluding tert-OH is 3. The lowest BCUT2D eigenvalue weighted by Gasteiger charge is -2.47. The number of rotatable bonds is 9. The van der Waals surface area contributed by atoms with Crippen molar-refractivity contribution in [2.45, 2.75) is 75.0 Å². The highest BCUT2D eigenvalue weighted by Gasteiger charge is 2.51. The standard InChI is InChI=1S/C13H25NO17S3/c1-4-11(10(17)12(5(2)28-4)31-34(24,25)26)30-13-7(14-32(18,19)20)9(16)8(15)6(29-13)3-27-33(21,22)23/h4-17H,3H2,1-2H3,(H,18,19,20)(H,21,22,23)(H,24,25,26)/p-3/t4?,5-,6?,7?,8+,9+,10+,11?,12?,13-/m0/s1. The molecular formula is C13H22NO17S3-3. The van der Waals surface area contributed by atoms with Gasteiger partial charge >= 0.3 is 0 Å². The predicted molar refractivity (Wildman–Crippen MR) is 98.4 cm³/mol. The minimum atomic E-state index is -5.33. The average Bonchev–Trinajstić information content (AvgIpc) is 2.64. The smallest absolute Gasteiger partial charge is 0.218 e. The Bertz CT molecular complexity index is 1010. The first-order valence-electron chi connectivity index (χ1n) is 9.27. The van der Waals surface area contributed by atoms with Gasteiger partial charge in [-0.3, -0.25) is 8.37 Å². The van der Waals surface area contributed by atoms with E-state index < -0.39 is 98.9 Å². The van der Waals surface area contributed by atoms with E-state index in [-0.39, 0.29) is 0 Å². The zero-order valence-electron chi connectivity index (χ0n) is 17.3. The Balaban J connectivity index is 2.33. The Kier molecular flexibility index (Phi) is 9.38. The van der Waals surface area contributed by atoms with E-state index >= 15 is 0 Å². The van der Waals surface area contributed by atoms with E-state index in [1.165, 1.54) is 18.6 Å². The van der Waals surface area contributed by atoms with Gasteiger partial charge < -0.3 is 43.2 Å². The van der Waals surface area contributed by atoms with Crippen molar-refractivity contribution in [3.05, 3.63) is 0 Å². The molecule has 2 rings (SSSR count). The van der Waals surface area contributed by atoms with Crippen molar-refractivity contribution in [1.29, 1.82) is 0 Å². The summed E-state index contributed by atoms with van der Waals surface area (Å²) in [6.45, 7) is 1.39. The quantitative estimate of drug-likeness (QED) is 0.151. The molecule has 2 fully saturated rings. The van der Waals surface area contributed by atoms with E-state index in [1.54, 1.807) is 0 Å². The van der Waals surface area contributed by atoms with Crippen LogP contribution in [0.2, 0.25) is 0 Å². The third-order valence-corrected chi connectivity index (χ3v) is 6.35. The lowest BCUT2D eigenvalue weighted by Crippen LogP contribution is -2.67. The maximum absolute atomic E-state index is 11.2. The Morgan fingerprint density at radius 3 is 1.88 bits per heavy atom. The van der Waals surface area contributed by atoms with Crippen LogP contribution in [0.25, 0.3) is 0 Å².